The van der Waals surface area contributed by atoms with Crippen LogP contribution in [0.3, 0.4) is 0 Å². The number of methoxy groups -OCH3 is 1. The minimum Gasteiger partial charge on any atom is -0.496 e. The lowest BCUT2D eigenvalue weighted by Gasteiger charge is -2.32. The van der Waals surface area contributed by atoms with E-state index in [-0.39, 0.29) is 0 Å². The van der Waals surface area contributed by atoms with E-state index in [4.69, 9.17) is 15.2 Å². The number of ether oxygens (including phenoxy) is 2. The largest absolute Gasteiger partial charge is 0.496 e. The number of pyridine rings is 1. The molecule has 0 saturated heterocycles. The van der Waals surface area contributed by atoms with Crippen molar-refractivity contribution < 1.29 is 14.3 Å². The molecule has 1 aliphatic heterocycles. The number of fused-ring (bicyclic) bond motifs is 1. The van der Waals surface area contributed by atoms with Crippen LogP contribution >= 0.6 is 0 Å². The van der Waals surface area contributed by atoms with Crippen LogP contribution in [0.4, 0.5) is 5.69 Å². The molecule has 1 aliphatic rings. The number of aryl methyl sites for hydroxylation is 2. The molecule has 0 aliphatic carbocycles. The smallest absolute Gasteiger partial charge is 0.247 e. The van der Waals surface area contributed by atoms with Crippen molar-refractivity contribution in [2.75, 3.05) is 19.0 Å². The molecule has 2 heterocycles. The van der Waals surface area contributed by atoms with Gasteiger partial charge in [0, 0.05) is 23.0 Å². The molecule has 1 aromatic heterocycles. The van der Waals surface area contributed by atoms with Crippen molar-refractivity contribution in [2.45, 2.75) is 40.0 Å². The molecule has 7 heteroatoms. The summed E-state index contributed by atoms with van der Waals surface area (Å²) >= 11 is 0. The monoisotopic (exact) mass is 484 g/mol. The zero-order valence-corrected chi connectivity index (χ0v) is 21.4. The fourth-order valence-electron chi connectivity index (χ4n) is 4.28. The lowest BCUT2D eigenvalue weighted by molar-refractivity contribution is -0.114. The topological polar surface area (TPSA) is 110 Å². The summed E-state index contributed by atoms with van der Waals surface area (Å²) in [7, 11) is 1.53. The number of hydrogen-bond acceptors (Lipinski definition) is 6. The number of aromatic nitrogens is 1. The van der Waals surface area contributed by atoms with E-state index in [1.54, 1.807) is 24.4 Å². The van der Waals surface area contributed by atoms with Gasteiger partial charge in [-0.3, -0.25) is 4.79 Å². The first-order chi connectivity index (χ1) is 17.4. The lowest BCUT2D eigenvalue weighted by atomic mass is 9.79. The van der Waals surface area contributed by atoms with Crippen LogP contribution in [0.1, 0.15) is 54.5 Å². The second-order valence-corrected chi connectivity index (χ2v) is 8.34. The summed E-state index contributed by atoms with van der Waals surface area (Å²) in [5.74, 6) is -0.160. The highest BCUT2D eigenvalue weighted by Gasteiger charge is 2.36. The maximum Gasteiger partial charge on any atom is 0.247 e. The Bertz CT molecular complexity index is 1310. The van der Waals surface area contributed by atoms with Crippen LogP contribution in [0, 0.1) is 18.3 Å². The molecule has 2 aromatic carbocycles. The number of nitrogens with one attached hydrogen (secondary N) is 1. The third-order valence-electron chi connectivity index (χ3n) is 6.03. The second kappa shape index (κ2) is 11.9. The zero-order chi connectivity index (χ0) is 26.2. The third-order valence-corrected chi connectivity index (χ3v) is 6.03. The number of hydrogen-bond donors (Lipinski definition) is 2. The zero-order valence-electron chi connectivity index (χ0n) is 21.4. The van der Waals surface area contributed by atoms with E-state index in [1.807, 2.05) is 26.8 Å². The predicted octanol–water partition coefficient (Wildman–Crippen LogP) is 5.23. The minimum absolute atomic E-state index is 0.406. The lowest BCUT2D eigenvalue weighted by Crippen LogP contribution is -2.28. The highest BCUT2D eigenvalue weighted by molar-refractivity contribution is 5.98. The molecule has 0 spiro atoms. The molecule has 1 unspecified atom stereocenters. The number of nitrogens with zero attached hydrogens (tertiary/aromatic N) is 2. The number of nitriles is 1. The Morgan fingerprint density at radius 3 is 2.44 bits per heavy atom. The number of nitrogens with two attached hydrogens (primary N) is 1. The summed E-state index contributed by atoms with van der Waals surface area (Å²) in [6.45, 7) is 8.21. The van der Waals surface area contributed by atoms with E-state index in [2.05, 4.69) is 47.6 Å². The van der Waals surface area contributed by atoms with Gasteiger partial charge in [0.05, 0.1) is 42.5 Å². The maximum absolute atomic E-state index is 12.4. The highest BCUT2D eigenvalue weighted by atomic mass is 16.5. The molecule has 0 radical (unpaired) electrons. The van der Waals surface area contributed by atoms with Crippen molar-refractivity contribution >= 4 is 11.6 Å². The van der Waals surface area contributed by atoms with E-state index in [0.717, 1.165) is 23.2 Å². The first kappa shape index (κ1) is 26.3. The number of amides is 1. The predicted molar refractivity (Wildman–Crippen MR) is 141 cm³/mol. The molecule has 0 bridgehead atoms. The quantitative estimate of drug-likeness (QED) is 0.495. The number of allylic oxidation sites excluding steroid dienone is 1. The summed E-state index contributed by atoms with van der Waals surface area (Å²) in [6, 6.07) is 17.7. The fraction of sp³-hybridized carbons (Fsp3) is 0.276. The van der Waals surface area contributed by atoms with Gasteiger partial charge in [-0.1, -0.05) is 43.3 Å². The van der Waals surface area contributed by atoms with Crippen LogP contribution in [0.15, 0.2) is 66.0 Å². The molecule has 4 rings (SSSR count). The molecule has 1 atom stereocenters. The van der Waals surface area contributed by atoms with Crippen molar-refractivity contribution in [3.8, 4) is 17.7 Å². The molecule has 0 fully saturated rings. The molecule has 1 amide bonds. The normalized spacial score (nSPS) is 13.9. The molecule has 186 valence electrons. The Labute approximate surface area is 212 Å². The number of carbonyl (C=O) groups excluding carboxylic acids is 1. The number of benzene rings is 2. The Balaban J connectivity index is 0.000000383. The molecular formula is C29H32N4O3. The highest BCUT2D eigenvalue weighted by Crippen LogP contribution is 2.48. The Morgan fingerprint density at radius 2 is 1.89 bits per heavy atom. The van der Waals surface area contributed by atoms with Crippen molar-refractivity contribution in [1.29, 1.82) is 5.26 Å². The third kappa shape index (κ3) is 5.49. The molecule has 0 saturated carbocycles. The van der Waals surface area contributed by atoms with Gasteiger partial charge in [0.1, 0.15) is 5.75 Å². The van der Waals surface area contributed by atoms with Gasteiger partial charge in [0.25, 0.3) is 0 Å². The van der Waals surface area contributed by atoms with Gasteiger partial charge >= 0.3 is 0 Å². The fourth-order valence-corrected chi connectivity index (χ4v) is 4.28. The Hall–Kier alpha value is -4.31. The van der Waals surface area contributed by atoms with Crippen molar-refractivity contribution in [3.63, 3.8) is 0 Å². The van der Waals surface area contributed by atoms with Gasteiger partial charge in [-0.05, 0) is 50.5 Å². The van der Waals surface area contributed by atoms with Gasteiger partial charge in [-0.25, -0.2) is 4.98 Å². The number of anilines is 1. The van der Waals surface area contributed by atoms with Crippen LogP contribution in [-0.2, 0) is 11.2 Å². The van der Waals surface area contributed by atoms with Crippen molar-refractivity contribution in [1.82, 2.24) is 4.98 Å². The van der Waals surface area contributed by atoms with E-state index >= 15 is 0 Å². The molecule has 3 aromatic rings. The Kier molecular flexibility index (Phi) is 8.69. The first-order valence-electron chi connectivity index (χ1n) is 11.9. The van der Waals surface area contributed by atoms with Crippen LogP contribution in [0.5, 0.6) is 11.6 Å². The summed E-state index contributed by atoms with van der Waals surface area (Å²) in [5, 5.41) is 12.5. The number of rotatable bonds is 6. The maximum atomic E-state index is 12.4. The summed E-state index contributed by atoms with van der Waals surface area (Å²) in [6.07, 6.45) is 2.87. The number of carbonyl (C=O) groups is 1. The summed E-state index contributed by atoms with van der Waals surface area (Å²) in [4.78, 5) is 16.8. The van der Waals surface area contributed by atoms with E-state index in [0.29, 0.717) is 40.6 Å². The molecule has 36 heavy (non-hydrogen) atoms. The molecule has 3 N–H and O–H groups in total. The van der Waals surface area contributed by atoms with Gasteiger partial charge in [-0.2, -0.15) is 5.26 Å². The Morgan fingerprint density at radius 1 is 1.17 bits per heavy atom. The average molecular weight is 485 g/mol. The van der Waals surface area contributed by atoms with Crippen LogP contribution in [0.25, 0.3) is 0 Å². The average Bonchev–Trinajstić information content (AvgIpc) is 2.90. The van der Waals surface area contributed by atoms with E-state index < -0.39 is 11.8 Å². The minimum atomic E-state index is -0.545. The van der Waals surface area contributed by atoms with Crippen LogP contribution < -0.4 is 20.5 Å². The standard InChI is InChI=1S/C21H22N4O3.C8H10/c1-5-28-21-18-17(14-7-6-13(9-22)8-15(14)27-4)16(20(23)26)12(3)25-19(18)11(2)10-24-21;1-2-8-6-4-3-5-7-8/h6-8,10,17,25H,5H2,1-4H3,(H2,23,26);3-7H,2H2,1H3. The van der Waals surface area contributed by atoms with E-state index in [1.165, 1.54) is 12.7 Å². The molecule has 7 nitrogen and oxygen atoms in total. The van der Waals surface area contributed by atoms with Crippen molar-refractivity contribution in [3.05, 3.63) is 93.8 Å². The van der Waals surface area contributed by atoms with Gasteiger partial charge in [-0.15, -0.1) is 0 Å². The molecular weight excluding hydrogens is 452 g/mol. The first-order valence-corrected chi connectivity index (χ1v) is 11.9. The van der Waals surface area contributed by atoms with Gasteiger partial charge < -0.3 is 20.5 Å². The van der Waals surface area contributed by atoms with Crippen LogP contribution in [-0.4, -0.2) is 24.6 Å². The van der Waals surface area contributed by atoms with Gasteiger partial charge in [0.2, 0.25) is 11.8 Å². The van der Waals surface area contributed by atoms with Gasteiger partial charge in [0.15, 0.2) is 0 Å². The SMILES string of the molecule is CCOc1ncc(C)c2c1C(c1ccc(C#N)cc1OC)C(C(N)=O)=C(C)N2.CCc1ccccc1. The second-order valence-electron chi connectivity index (χ2n) is 8.34. The number of primary amides is 1. The summed E-state index contributed by atoms with van der Waals surface area (Å²) in [5.41, 5.74) is 11.9. The van der Waals surface area contributed by atoms with Crippen LogP contribution in [0.2, 0.25) is 0 Å². The summed E-state index contributed by atoms with van der Waals surface area (Å²) < 4.78 is 11.3. The van der Waals surface area contributed by atoms with E-state index in [9.17, 15) is 10.1 Å². The van der Waals surface area contributed by atoms with Crippen molar-refractivity contribution in [2.24, 2.45) is 5.73 Å².